The maximum absolute atomic E-state index is 11.8. The van der Waals surface area contributed by atoms with Crippen LogP contribution in [-0.4, -0.2) is 24.2 Å². The summed E-state index contributed by atoms with van der Waals surface area (Å²) in [6.07, 6.45) is 1.84. The van der Waals surface area contributed by atoms with Gasteiger partial charge >= 0.3 is 0 Å². The monoisotopic (exact) mass is 327 g/mol. The topological polar surface area (TPSA) is 58.6 Å². The van der Waals surface area contributed by atoms with E-state index in [-0.39, 0.29) is 12.5 Å². The van der Waals surface area contributed by atoms with E-state index in [1.165, 1.54) is 5.56 Å². The van der Waals surface area contributed by atoms with E-state index < -0.39 is 5.60 Å². The Labute approximate surface area is 143 Å². The molecule has 0 bridgehead atoms. The number of hydrogen-bond acceptors (Lipinski definition) is 3. The Morgan fingerprint density at radius 2 is 1.75 bits per heavy atom. The number of nitrogens with one attached hydrogen (secondary N) is 1. The fourth-order valence-corrected chi connectivity index (χ4v) is 2.32. The molecular weight excluding hydrogens is 302 g/mol. The van der Waals surface area contributed by atoms with Crippen LogP contribution >= 0.6 is 0 Å². The molecule has 128 valence electrons. The molecule has 4 nitrogen and oxygen atoms in total. The van der Waals surface area contributed by atoms with Crippen molar-refractivity contribution in [1.29, 1.82) is 0 Å². The lowest BCUT2D eigenvalue weighted by Crippen LogP contribution is -2.29. The van der Waals surface area contributed by atoms with Crippen molar-refractivity contribution in [3.05, 3.63) is 65.7 Å². The highest BCUT2D eigenvalue weighted by atomic mass is 16.5. The molecule has 24 heavy (non-hydrogen) atoms. The average Bonchev–Trinajstić information content (AvgIpc) is 2.57. The molecule has 0 radical (unpaired) electrons. The van der Waals surface area contributed by atoms with Crippen molar-refractivity contribution in [1.82, 2.24) is 5.32 Å². The van der Waals surface area contributed by atoms with Gasteiger partial charge in [0.15, 0.2) is 6.61 Å². The van der Waals surface area contributed by atoms with Crippen molar-refractivity contribution in [3.63, 3.8) is 0 Å². The fraction of sp³-hybridized carbons (Fsp3) is 0.350. The van der Waals surface area contributed by atoms with Crippen molar-refractivity contribution in [2.24, 2.45) is 0 Å². The highest BCUT2D eigenvalue weighted by Gasteiger charge is 2.15. The van der Waals surface area contributed by atoms with Gasteiger partial charge in [-0.3, -0.25) is 4.79 Å². The maximum Gasteiger partial charge on any atom is 0.257 e. The molecule has 0 aromatic heterocycles. The number of carbonyl (C=O) groups excluding carboxylic acids is 1. The number of aryl methyl sites for hydroxylation is 1. The first-order valence-corrected chi connectivity index (χ1v) is 8.21. The SMILES string of the molecule is CC(C)(O)c1ccc(OCC(=O)NCCCc2ccccc2)cc1. The van der Waals surface area contributed by atoms with Gasteiger partial charge in [-0.05, 0) is 49.9 Å². The quantitative estimate of drug-likeness (QED) is 0.733. The molecule has 0 heterocycles. The number of hydrogen-bond donors (Lipinski definition) is 2. The first-order valence-electron chi connectivity index (χ1n) is 8.21. The van der Waals surface area contributed by atoms with Crippen LogP contribution in [0.5, 0.6) is 5.75 Å². The summed E-state index contributed by atoms with van der Waals surface area (Å²) in [5, 5.41) is 12.8. The lowest BCUT2D eigenvalue weighted by molar-refractivity contribution is -0.123. The summed E-state index contributed by atoms with van der Waals surface area (Å²) in [6, 6.07) is 17.3. The van der Waals surface area contributed by atoms with Gasteiger partial charge in [-0.25, -0.2) is 0 Å². The zero-order valence-electron chi connectivity index (χ0n) is 14.3. The molecule has 0 atom stereocenters. The van der Waals surface area contributed by atoms with E-state index in [0.29, 0.717) is 12.3 Å². The Morgan fingerprint density at radius 1 is 1.08 bits per heavy atom. The van der Waals surface area contributed by atoms with E-state index in [1.807, 2.05) is 18.2 Å². The lowest BCUT2D eigenvalue weighted by Gasteiger charge is -2.17. The van der Waals surface area contributed by atoms with E-state index in [2.05, 4.69) is 17.4 Å². The molecule has 0 spiro atoms. The van der Waals surface area contributed by atoms with Crippen molar-refractivity contribution in [2.45, 2.75) is 32.3 Å². The van der Waals surface area contributed by atoms with Gasteiger partial charge in [-0.2, -0.15) is 0 Å². The van der Waals surface area contributed by atoms with Gasteiger partial charge in [0.1, 0.15) is 5.75 Å². The van der Waals surface area contributed by atoms with Crippen LogP contribution in [0.1, 0.15) is 31.4 Å². The molecule has 0 fully saturated rings. The van der Waals surface area contributed by atoms with Crippen molar-refractivity contribution in [3.8, 4) is 5.75 Å². The van der Waals surface area contributed by atoms with Crippen molar-refractivity contribution < 1.29 is 14.6 Å². The third kappa shape index (κ3) is 6.05. The summed E-state index contributed by atoms with van der Waals surface area (Å²) in [5.41, 5.74) is 1.20. The second kappa shape index (κ2) is 8.50. The van der Waals surface area contributed by atoms with E-state index >= 15 is 0 Å². The van der Waals surface area contributed by atoms with Crippen LogP contribution in [0.25, 0.3) is 0 Å². The van der Waals surface area contributed by atoms with Crippen LogP contribution < -0.4 is 10.1 Å². The second-order valence-electron chi connectivity index (χ2n) is 6.31. The fourth-order valence-electron chi connectivity index (χ4n) is 2.32. The van der Waals surface area contributed by atoms with Crippen LogP contribution in [0.3, 0.4) is 0 Å². The van der Waals surface area contributed by atoms with E-state index in [1.54, 1.807) is 38.1 Å². The van der Waals surface area contributed by atoms with Crippen LogP contribution in [0, 0.1) is 0 Å². The normalized spacial score (nSPS) is 11.1. The average molecular weight is 327 g/mol. The summed E-state index contributed by atoms with van der Waals surface area (Å²) in [5.74, 6) is 0.483. The Balaban J connectivity index is 1.66. The highest BCUT2D eigenvalue weighted by molar-refractivity contribution is 5.77. The van der Waals surface area contributed by atoms with Gasteiger partial charge in [0.2, 0.25) is 0 Å². The molecule has 2 aromatic rings. The smallest absolute Gasteiger partial charge is 0.257 e. The molecule has 0 aliphatic rings. The molecule has 2 aromatic carbocycles. The summed E-state index contributed by atoms with van der Waals surface area (Å²) in [4.78, 5) is 11.8. The number of ether oxygens (including phenoxy) is 1. The Kier molecular flexibility index (Phi) is 6.38. The first-order chi connectivity index (χ1) is 11.4. The molecule has 2 N–H and O–H groups in total. The largest absolute Gasteiger partial charge is 0.484 e. The predicted octanol–water partition coefficient (Wildman–Crippen LogP) is 3.04. The molecule has 2 rings (SSSR count). The van der Waals surface area contributed by atoms with Crippen LogP contribution in [0.2, 0.25) is 0 Å². The van der Waals surface area contributed by atoms with Crippen LogP contribution in [0.15, 0.2) is 54.6 Å². The van der Waals surface area contributed by atoms with E-state index in [9.17, 15) is 9.90 Å². The summed E-state index contributed by atoms with van der Waals surface area (Å²) in [6.45, 7) is 4.08. The number of benzene rings is 2. The molecule has 0 saturated carbocycles. The molecule has 0 unspecified atom stereocenters. The zero-order chi connectivity index (χ0) is 17.4. The Bertz CT molecular complexity index is 630. The number of aliphatic hydroxyl groups is 1. The van der Waals surface area contributed by atoms with Crippen molar-refractivity contribution in [2.75, 3.05) is 13.2 Å². The van der Waals surface area contributed by atoms with E-state index in [4.69, 9.17) is 4.74 Å². The molecule has 1 amide bonds. The maximum atomic E-state index is 11.8. The lowest BCUT2D eigenvalue weighted by atomic mass is 9.99. The predicted molar refractivity (Wildman–Crippen MR) is 95.0 cm³/mol. The minimum absolute atomic E-state index is 0.00674. The zero-order valence-corrected chi connectivity index (χ0v) is 14.3. The first kappa shape index (κ1) is 18.0. The van der Waals surface area contributed by atoms with Gasteiger partial charge in [-0.1, -0.05) is 42.5 Å². The molecule has 4 heteroatoms. The summed E-state index contributed by atoms with van der Waals surface area (Å²) >= 11 is 0. The van der Waals surface area contributed by atoms with Gasteiger partial charge < -0.3 is 15.2 Å². The molecular formula is C20H25NO3. The van der Waals surface area contributed by atoms with Crippen LogP contribution in [-0.2, 0) is 16.8 Å². The highest BCUT2D eigenvalue weighted by Crippen LogP contribution is 2.22. The molecule has 0 aliphatic carbocycles. The second-order valence-corrected chi connectivity index (χ2v) is 6.31. The van der Waals surface area contributed by atoms with Crippen LogP contribution in [0.4, 0.5) is 0 Å². The Morgan fingerprint density at radius 3 is 2.38 bits per heavy atom. The minimum atomic E-state index is -0.880. The van der Waals surface area contributed by atoms with E-state index in [0.717, 1.165) is 18.4 Å². The summed E-state index contributed by atoms with van der Waals surface area (Å²) in [7, 11) is 0. The number of rotatable bonds is 8. The molecule has 0 aliphatic heterocycles. The summed E-state index contributed by atoms with van der Waals surface area (Å²) < 4.78 is 5.46. The number of amides is 1. The Hall–Kier alpha value is -2.33. The third-order valence-electron chi connectivity index (χ3n) is 3.74. The minimum Gasteiger partial charge on any atom is -0.484 e. The van der Waals surface area contributed by atoms with Gasteiger partial charge in [-0.15, -0.1) is 0 Å². The van der Waals surface area contributed by atoms with Gasteiger partial charge in [0.25, 0.3) is 5.91 Å². The van der Waals surface area contributed by atoms with Gasteiger partial charge in [0, 0.05) is 6.54 Å². The standard InChI is InChI=1S/C20H25NO3/c1-20(2,23)17-10-12-18(13-11-17)24-15-19(22)21-14-6-9-16-7-4-3-5-8-16/h3-5,7-8,10-13,23H,6,9,14-15H2,1-2H3,(H,21,22). The molecule has 0 saturated heterocycles. The van der Waals surface area contributed by atoms with Crippen molar-refractivity contribution >= 4 is 5.91 Å². The number of carbonyl (C=O) groups is 1. The van der Waals surface area contributed by atoms with Gasteiger partial charge in [0.05, 0.1) is 5.60 Å². The third-order valence-corrected chi connectivity index (χ3v) is 3.74.